The van der Waals surface area contributed by atoms with Gasteiger partial charge in [0.15, 0.2) is 11.0 Å². The van der Waals surface area contributed by atoms with Crippen LogP contribution in [0.25, 0.3) is 17.1 Å². The predicted octanol–water partition coefficient (Wildman–Crippen LogP) is 5.05. The Kier molecular flexibility index (Phi) is 7.26. The van der Waals surface area contributed by atoms with Crippen LogP contribution in [0.2, 0.25) is 0 Å². The van der Waals surface area contributed by atoms with Crippen LogP contribution in [-0.2, 0) is 12.2 Å². The van der Waals surface area contributed by atoms with Crippen LogP contribution in [0.1, 0.15) is 21.1 Å². The second-order valence-electron chi connectivity index (χ2n) is 7.63. The van der Waals surface area contributed by atoms with E-state index in [1.54, 1.807) is 17.8 Å². The molecule has 0 saturated heterocycles. The summed E-state index contributed by atoms with van der Waals surface area (Å²) in [4.78, 5) is 21.3. The van der Waals surface area contributed by atoms with Crippen molar-refractivity contribution in [3.05, 3.63) is 107 Å². The lowest BCUT2D eigenvalue weighted by Gasteiger charge is -2.09. The first-order chi connectivity index (χ1) is 17.3. The molecule has 7 nitrogen and oxygen atoms in total. The standard InChI is InChI=1S/C26H22N6OS2/c33-25(28-15-13-19-8-3-1-4-9-19)22-17-34-23(29-22)18-35-26-31-30-24(20-10-7-14-27-16-20)32(26)21-11-5-2-6-12-21/h1-12,14,16-17H,13,15,18H2,(H,28,33). The molecule has 3 heterocycles. The summed E-state index contributed by atoms with van der Waals surface area (Å²) >= 11 is 3.01. The summed E-state index contributed by atoms with van der Waals surface area (Å²) < 4.78 is 2.02. The number of thiazole rings is 1. The summed E-state index contributed by atoms with van der Waals surface area (Å²) in [6.45, 7) is 0.571. The van der Waals surface area contributed by atoms with E-state index in [1.807, 2.05) is 65.2 Å². The zero-order chi connectivity index (χ0) is 23.9. The molecule has 0 aliphatic rings. The number of carbonyl (C=O) groups excluding carboxylic acids is 1. The summed E-state index contributed by atoms with van der Waals surface area (Å²) in [6.07, 6.45) is 4.30. The van der Waals surface area contributed by atoms with Gasteiger partial charge in [-0.05, 0) is 36.2 Å². The number of benzene rings is 2. The van der Waals surface area contributed by atoms with E-state index in [-0.39, 0.29) is 5.91 Å². The Balaban J connectivity index is 1.26. The van der Waals surface area contributed by atoms with Crippen molar-refractivity contribution in [2.45, 2.75) is 17.3 Å². The Morgan fingerprint density at radius 2 is 1.77 bits per heavy atom. The fraction of sp³-hybridized carbons (Fsp3) is 0.115. The van der Waals surface area contributed by atoms with E-state index < -0.39 is 0 Å². The van der Waals surface area contributed by atoms with Gasteiger partial charge in [0, 0.05) is 35.6 Å². The summed E-state index contributed by atoms with van der Waals surface area (Å²) in [5.74, 6) is 1.16. The average Bonchev–Trinajstić information content (AvgIpc) is 3.56. The normalized spacial score (nSPS) is 10.9. The van der Waals surface area contributed by atoms with Crippen molar-refractivity contribution in [1.82, 2.24) is 30.0 Å². The predicted molar refractivity (Wildman–Crippen MR) is 139 cm³/mol. The van der Waals surface area contributed by atoms with Crippen molar-refractivity contribution in [3.8, 4) is 17.1 Å². The highest BCUT2D eigenvalue weighted by Crippen LogP contribution is 2.30. The van der Waals surface area contributed by atoms with E-state index in [0.29, 0.717) is 18.0 Å². The molecule has 0 aliphatic carbocycles. The van der Waals surface area contributed by atoms with Crippen molar-refractivity contribution >= 4 is 29.0 Å². The molecule has 1 amide bonds. The minimum Gasteiger partial charge on any atom is -0.350 e. The topological polar surface area (TPSA) is 85.6 Å². The Labute approximate surface area is 211 Å². The molecule has 5 aromatic rings. The Hall–Kier alpha value is -3.82. The highest BCUT2D eigenvalue weighted by atomic mass is 32.2. The number of pyridine rings is 1. The van der Waals surface area contributed by atoms with E-state index in [2.05, 4.69) is 37.6 Å². The van der Waals surface area contributed by atoms with Gasteiger partial charge in [-0.15, -0.1) is 21.5 Å². The van der Waals surface area contributed by atoms with E-state index in [9.17, 15) is 4.79 Å². The third-order valence-corrected chi connectivity index (χ3v) is 7.19. The van der Waals surface area contributed by atoms with Gasteiger partial charge in [-0.1, -0.05) is 60.3 Å². The molecule has 0 radical (unpaired) electrons. The quantitative estimate of drug-likeness (QED) is 0.286. The minimum absolute atomic E-state index is 0.153. The van der Waals surface area contributed by atoms with Gasteiger partial charge in [0.2, 0.25) is 0 Å². The maximum atomic E-state index is 12.5. The van der Waals surface area contributed by atoms with Crippen LogP contribution in [0.3, 0.4) is 0 Å². The molecule has 3 aromatic heterocycles. The average molecular weight is 499 g/mol. The lowest BCUT2D eigenvalue weighted by atomic mass is 10.1. The van der Waals surface area contributed by atoms with Gasteiger partial charge < -0.3 is 5.32 Å². The smallest absolute Gasteiger partial charge is 0.270 e. The molecule has 5 rings (SSSR count). The maximum Gasteiger partial charge on any atom is 0.270 e. The molecule has 0 bridgehead atoms. The van der Waals surface area contributed by atoms with Crippen LogP contribution in [0.15, 0.2) is 95.7 Å². The summed E-state index contributed by atoms with van der Waals surface area (Å²) in [6, 6.07) is 23.9. The fourth-order valence-corrected chi connectivity index (χ4v) is 5.26. The number of nitrogens with zero attached hydrogens (tertiary/aromatic N) is 5. The number of hydrogen-bond acceptors (Lipinski definition) is 7. The van der Waals surface area contributed by atoms with Crippen LogP contribution in [-0.4, -0.2) is 37.2 Å². The van der Waals surface area contributed by atoms with Crippen LogP contribution < -0.4 is 5.32 Å². The molecule has 35 heavy (non-hydrogen) atoms. The summed E-state index contributed by atoms with van der Waals surface area (Å²) in [7, 11) is 0. The molecule has 0 atom stereocenters. The lowest BCUT2D eigenvalue weighted by molar-refractivity contribution is 0.0949. The van der Waals surface area contributed by atoms with Crippen LogP contribution in [0, 0.1) is 0 Å². The number of amides is 1. The fourth-order valence-electron chi connectivity index (χ4n) is 3.52. The van der Waals surface area contributed by atoms with Crippen LogP contribution in [0.4, 0.5) is 0 Å². The third kappa shape index (κ3) is 5.64. The van der Waals surface area contributed by atoms with Gasteiger partial charge in [-0.25, -0.2) is 4.98 Å². The molecule has 0 spiro atoms. The second-order valence-corrected chi connectivity index (χ2v) is 9.51. The monoisotopic (exact) mass is 498 g/mol. The molecular formula is C26H22N6OS2. The van der Waals surface area contributed by atoms with E-state index >= 15 is 0 Å². The summed E-state index contributed by atoms with van der Waals surface area (Å²) in [5.41, 5.74) is 3.49. The molecular weight excluding hydrogens is 476 g/mol. The van der Waals surface area contributed by atoms with Crippen LogP contribution in [0.5, 0.6) is 0 Å². The van der Waals surface area contributed by atoms with Gasteiger partial charge in [0.1, 0.15) is 10.7 Å². The number of rotatable bonds is 9. The zero-order valence-electron chi connectivity index (χ0n) is 18.7. The Morgan fingerprint density at radius 3 is 2.54 bits per heavy atom. The first-order valence-electron chi connectivity index (χ1n) is 11.1. The van der Waals surface area contributed by atoms with Crippen molar-refractivity contribution in [2.75, 3.05) is 6.54 Å². The van der Waals surface area contributed by atoms with E-state index in [0.717, 1.165) is 33.7 Å². The van der Waals surface area contributed by atoms with Gasteiger partial charge in [-0.2, -0.15) is 0 Å². The first kappa shape index (κ1) is 22.9. The number of nitrogens with one attached hydrogen (secondary N) is 1. The first-order valence-corrected chi connectivity index (χ1v) is 12.9. The highest BCUT2D eigenvalue weighted by Gasteiger charge is 2.17. The molecule has 0 aliphatic heterocycles. The summed E-state index contributed by atoms with van der Waals surface area (Å²) in [5, 5.41) is 15.2. The second kappa shape index (κ2) is 11.1. The number of aromatic nitrogens is 5. The number of hydrogen-bond donors (Lipinski definition) is 1. The molecule has 0 saturated carbocycles. The molecule has 174 valence electrons. The van der Waals surface area contributed by atoms with Crippen molar-refractivity contribution in [2.24, 2.45) is 0 Å². The Morgan fingerprint density at radius 1 is 0.971 bits per heavy atom. The van der Waals surface area contributed by atoms with Gasteiger partial charge in [0.25, 0.3) is 5.91 Å². The Bertz CT molecular complexity index is 1390. The maximum absolute atomic E-state index is 12.5. The van der Waals surface area contributed by atoms with Gasteiger partial charge >= 0.3 is 0 Å². The molecule has 0 unspecified atom stereocenters. The van der Waals surface area contributed by atoms with Crippen molar-refractivity contribution < 1.29 is 4.79 Å². The largest absolute Gasteiger partial charge is 0.350 e. The van der Waals surface area contributed by atoms with Crippen LogP contribution >= 0.6 is 23.1 Å². The lowest BCUT2D eigenvalue weighted by Crippen LogP contribution is -2.26. The SMILES string of the molecule is O=C(NCCc1ccccc1)c1csc(CSc2nnc(-c3cccnc3)n2-c2ccccc2)n1. The number of para-hydroxylation sites is 1. The van der Waals surface area contributed by atoms with E-state index in [4.69, 9.17) is 0 Å². The van der Waals surface area contributed by atoms with Crippen molar-refractivity contribution in [1.29, 1.82) is 0 Å². The molecule has 2 aromatic carbocycles. The van der Waals surface area contributed by atoms with Gasteiger partial charge in [0.05, 0.1) is 5.75 Å². The number of carbonyl (C=O) groups is 1. The van der Waals surface area contributed by atoms with Crippen molar-refractivity contribution in [3.63, 3.8) is 0 Å². The third-order valence-electron chi connectivity index (χ3n) is 5.22. The van der Waals surface area contributed by atoms with E-state index in [1.165, 1.54) is 28.7 Å². The number of thioether (sulfide) groups is 1. The molecule has 0 fully saturated rings. The molecule has 1 N–H and O–H groups in total. The zero-order valence-corrected chi connectivity index (χ0v) is 20.4. The van der Waals surface area contributed by atoms with Gasteiger partial charge in [-0.3, -0.25) is 14.3 Å². The molecule has 9 heteroatoms. The highest BCUT2D eigenvalue weighted by molar-refractivity contribution is 7.98. The minimum atomic E-state index is -0.153.